The molecule has 2 aliphatic rings. The zero-order valence-corrected chi connectivity index (χ0v) is 26.8. The van der Waals surface area contributed by atoms with Gasteiger partial charge in [-0.3, -0.25) is 14.6 Å². The molecule has 0 saturated carbocycles. The van der Waals surface area contributed by atoms with Crippen molar-refractivity contribution in [3.63, 3.8) is 0 Å². The molecular weight excluding hydrogens is 643 g/mol. The van der Waals surface area contributed by atoms with Gasteiger partial charge in [-0.1, -0.05) is 59.3 Å². The van der Waals surface area contributed by atoms with Crippen molar-refractivity contribution >= 4 is 69.5 Å². The number of thioether (sulfide) groups is 1. The molecule has 5 rings (SSSR count). The summed E-state index contributed by atoms with van der Waals surface area (Å²) in [4.78, 5) is 28.8. The number of rotatable bonds is 12. The van der Waals surface area contributed by atoms with Gasteiger partial charge in [0.15, 0.2) is 0 Å². The Labute approximate surface area is 275 Å². The maximum Gasteiger partial charge on any atom is 0.335 e. The molecule has 2 fully saturated rings. The first-order chi connectivity index (χ1) is 21.3. The van der Waals surface area contributed by atoms with Gasteiger partial charge in [0.2, 0.25) is 0 Å². The third-order valence-corrected chi connectivity index (χ3v) is 9.00. The third kappa shape index (κ3) is 8.32. The second-order valence-electron chi connectivity index (χ2n) is 10.0. The van der Waals surface area contributed by atoms with Gasteiger partial charge in [-0.05, 0) is 66.6 Å². The molecule has 0 aliphatic carbocycles. The van der Waals surface area contributed by atoms with Gasteiger partial charge >= 0.3 is 5.97 Å². The number of carbonyl (C=O) groups excluding carboxylic acids is 1. The Morgan fingerprint density at radius 2 is 1.77 bits per heavy atom. The number of nitrogens with zero attached hydrogens (tertiary/aromatic N) is 2. The Balaban J connectivity index is 1.28. The fourth-order valence-corrected chi connectivity index (χ4v) is 6.55. The molecule has 1 N–H and O–H groups in total. The van der Waals surface area contributed by atoms with Crippen LogP contribution >= 0.6 is 47.2 Å². The lowest BCUT2D eigenvalue weighted by Gasteiger charge is -2.26. The smallest absolute Gasteiger partial charge is 0.335 e. The molecule has 0 radical (unpaired) electrons. The van der Waals surface area contributed by atoms with Crippen LogP contribution < -0.4 is 9.47 Å². The van der Waals surface area contributed by atoms with Crippen LogP contribution in [0, 0.1) is 0 Å². The first-order valence-electron chi connectivity index (χ1n) is 14.0. The van der Waals surface area contributed by atoms with Gasteiger partial charge in [-0.2, -0.15) is 0 Å². The highest BCUT2D eigenvalue weighted by molar-refractivity contribution is 8.26. The Morgan fingerprint density at radius 1 is 1.00 bits per heavy atom. The summed E-state index contributed by atoms with van der Waals surface area (Å²) in [6.07, 6.45) is 2.36. The molecule has 0 bridgehead atoms. The van der Waals surface area contributed by atoms with E-state index in [2.05, 4.69) is 4.90 Å². The Kier molecular flexibility index (Phi) is 11.2. The van der Waals surface area contributed by atoms with E-state index in [1.54, 1.807) is 29.2 Å². The van der Waals surface area contributed by atoms with Crippen LogP contribution in [-0.2, 0) is 9.53 Å². The van der Waals surface area contributed by atoms with Crippen LogP contribution in [0.4, 0.5) is 0 Å². The minimum Gasteiger partial charge on any atom is -0.494 e. The molecule has 0 atom stereocenters. The van der Waals surface area contributed by atoms with E-state index in [9.17, 15) is 9.59 Å². The zero-order chi connectivity index (χ0) is 31.1. The molecule has 2 heterocycles. The first-order valence-corrected chi connectivity index (χ1v) is 16.0. The van der Waals surface area contributed by atoms with E-state index in [1.807, 2.05) is 30.3 Å². The Bertz CT molecular complexity index is 1560. The average molecular weight is 674 g/mol. The van der Waals surface area contributed by atoms with Gasteiger partial charge < -0.3 is 19.3 Å². The van der Waals surface area contributed by atoms with Crippen molar-refractivity contribution in [3.05, 3.63) is 86.7 Å². The molecule has 12 heteroatoms. The van der Waals surface area contributed by atoms with Crippen molar-refractivity contribution in [3.8, 4) is 22.6 Å². The molecule has 2 saturated heterocycles. The van der Waals surface area contributed by atoms with E-state index in [-0.39, 0.29) is 11.5 Å². The summed E-state index contributed by atoms with van der Waals surface area (Å²) >= 11 is 19.4. The van der Waals surface area contributed by atoms with Gasteiger partial charge in [-0.25, -0.2) is 4.79 Å². The fraction of sp³-hybridized carbons (Fsp3) is 0.281. The number of benzene rings is 3. The summed E-state index contributed by atoms with van der Waals surface area (Å²) in [6, 6.07) is 17.3. The van der Waals surface area contributed by atoms with Crippen LogP contribution in [-0.4, -0.2) is 83.7 Å². The SMILES string of the molecule is O=C(O)c1ccc(OCCCN2C(=O)C(=Cc3cc(-c4ccc(Cl)cc4Cl)ccc3OCCN3CCOCC3)SC2=S)cc1. The van der Waals surface area contributed by atoms with E-state index in [0.29, 0.717) is 56.9 Å². The molecule has 3 aromatic rings. The lowest BCUT2D eigenvalue weighted by atomic mass is 10.0. The van der Waals surface area contributed by atoms with Crippen molar-refractivity contribution in [1.82, 2.24) is 9.80 Å². The third-order valence-electron chi connectivity index (χ3n) is 7.08. The monoisotopic (exact) mass is 672 g/mol. The van der Waals surface area contributed by atoms with Crippen molar-refractivity contribution in [2.45, 2.75) is 6.42 Å². The normalized spacial score (nSPS) is 16.5. The number of morpholine rings is 1. The lowest BCUT2D eigenvalue weighted by molar-refractivity contribution is -0.122. The number of carbonyl (C=O) groups is 2. The predicted octanol–water partition coefficient (Wildman–Crippen LogP) is 6.74. The van der Waals surface area contributed by atoms with E-state index < -0.39 is 5.97 Å². The number of ether oxygens (including phenoxy) is 3. The van der Waals surface area contributed by atoms with Crippen molar-refractivity contribution < 1.29 is 28.9 Å². The number of hydrogen-bond acceptors (Lipinski definition) is 8. The fourth-order valence-electron chi connectivity index (χ4n) is 4.73. The van der Waals surface area contributed by atoms with Crippen molar-refractivity contribution in [2.75, 3.05) is 52.6 Å². The average Bonchev–Trinajstić information content (AvgIpc) is 3.28. The first kappa shape index (κ1) is 32.3. The molecule has 0 unspecified atom stereocenters. The van der Waals surface area contributed by atoms with Gasteiger partial charge in [0, 0.05) is 47.4 Å². The van der Waals surface area contributed by atoms with Gasteiger partial charge in [0.1, 0.15) is 22.4 Å². The van der Waals surface area contributed by atoms with Crippen LogP contribution in [0.2, 0.25) is 10.0 Å². The maximum atomic E-state index is 13.4. The lowest BCUT2D eigenvalue weighted by Crippen LogP contribution is -2.38. The highest BCUT2D eigenvalue weighted by Gasteiger charge is 2.32. The summed E-state index contributed by atoms with van der Waals surface area (Å²) in [5, 5.41) is 10.1. The molecule has 1 amide bonds. The van der Waals surface area contributed by atoms with E-state index >= 15 is 0 Å². The molecule has 2 aliphatic heterocycles. The number of thiocarbonyl (C=S) groups is 1. The largest absolute Gasteiger partial charge is 0.494 e. The minimum atomic E-state index is -0.994. The van der Waals surface area contributed by atoms with E-state index in [4.69, 9.17) is 54.7 Å². The molecule has 230 valence electrons. The van der Waals surface area contributed by atoms with Crippen LogP contribution in [0.3, 0.4) is 0 Å². The zero-order valence-electron chi connectivity index (χ0n) is 23.7. The standard InChI is InChI=1S/C32H30Cl2N2O6S2/c33-24-5-8-26(27(34)20-24)22-4-9-28(42-17-13-35-11-15-40-16-12-35)23(18-22)19-29-30(37)36(32(43)44-29)10-1-14-41-25-6-2-21(3-7-25)31(38)39/h2-9,18-20H,1,10-17H2,(H,38,39). The van der Waals surface area contributed by atoms with Crippen molar-refractivity contribution in [1.29, 1.82) is 0 Å². The minimum absolute atomic E-state index is 0.181. The molecule has 3 aromatic carbocycles. The van der Waals surface area contributed by atoms with E-state index in [0.717, 1.165) is 49.5 Å². The summed E-state index contributed by atoms with van der Waals surface area (Å²) < 4.78 is 17.9. The number of carboxylic acids is 1. The number of aromatic carboxylic acids is 1. The summed E-state index contributed by atoms with van der Waals surface area (Å²) in [5.74, 6) is 0.0351. The van der Waals surface area contributed by atoms with Crippen LogP contribution in [0.5, 0.6) is 11.5 Å². The summed E-state index contributed by atoms with van der Waals surface area (Å²) in [5.41, 5.74) is 2.61. The number of amides is 1. The quantitative estimate of drug-likeness (QED) is 0.128. The number of hydrogen-bond donors (Lipinski definition) is 1. The van der Waals surface area contributed by atoms with Crippen LogP contribution in [0.25, 0.3) is 17.2 Å². The molecule has 44 heavy (non-hydrogen) atoms. The molecule has 8 nitrogen and oxygen atoms in total. The summed E-state index contributed by atoms with van der Waals surface area (Å²) in [6.45, 7) is 5.16. The molecule has 0 aromatic heterocycles. The highest BCUT2D eigenvalue weighted by Crippen LogP contribution is 2.37. The highest BCUT2D eigenvalue weighted by atomic mass is 35.5. The van der Waals surface area contributed by atoms with E-state index in [1.165, 1.54) is 23.9 Å². The van der Waals surface area contributed by atoms with Gasteiger partial charge in [-0.15, -0.1) is 0 Å². The second kappa shape index (κ2) is 15.2. The summed E-state index contributed by atoms with van der Waals surface area (Å²) in [7, 11) is 0. The second-order valence-corrected chi connectivity index (χ2v) is 12.6. The number of halogens is 2. The van der Waals surface area contributed by atoms with Crippen LogP contribution in [0.1, 0.15) is 22.3 Å². The Hall–Kier alpha value is -3.12. The predicted molar refractivity (Wildman–Crippen MR) is 178 cm³/mol. The molecular formula is C32H30Cl2N2O6S2. The van der Waals surface area contributed by atoms with Crippen molar-refractivity contribution in [2.24, 2.45) is 0 Å². The maximum absolute atomic E-state index is 13.4. The van der Waals surface area contributed by atoms with Gasteiger partial charge in [0.05, 0.1) is 30.3 Å². The molecule has 0 spiro atoms. The van der Waals surface area contributed by atoms with Crippen LogP contribution in [0.15, 0.2) is 65.6 Å². The topological polar surface area (TPSA) is 88.5 Å². The van der Waals surface area contributed by atoms with Gasteiger partial charge in [0.25, 0.3) is 5.91 Å². The number of carboxylic acid groups (broad SMARTS) is 1. The Morgan fingerprint density at radius 3 is 2.50 bits per heavy atom.